The highest BCUT2D eigenvalue weighted by molar-refractivity contribution is 7.71. The molecule has 0 radical (unpaired) electrons. The third kappa shape index (κ3) is 2.32. The van der Waals surface area contributed by atoms with E-state index in [1.807, 2.05) is 22.8 Å². The predicted octanol–water partition coefficient (Wildman–Crippen LogP) is 3.98. The summed E-state index contributed by atoms with van der Waals surface area (Å²) < 4.78 is 2.63. The standard InChI is InChI=1S/C14H14N4S2/c1-9-6-7-12(20-9)10(2)18-13(16-17-14(18)19)11-5-3-4-8-15-11/h3-8,10H,1-2H3,(H,17,19). The highest BCUT2D eigenvalue weighted by Crippen LogP contribution is 2.29. The van der Waals surface area contributed by atoms with Gasteiger partial charge in [0.1, 0.15) is 5.69 Å². The van der Waals surface area contributed by atoms with Gasteiger partial charge in [0.25, 0.3) is 0 Å². The van der Waals surface area contributed by atoms with Crippen molar-refractivity contribution in [1.29, 1.82) is 0 Å². The number of pyridine rings is 1. The molecule has 1 unspecified atom stereocenters. The molecule has 0 aliphatic carbocycles. The Morgan fingerprint density at radius 2 is 2.15 bits per heavy atom. The number of H-pyrrole nitrogens is 1. The van der Waals surface area contributed by atoms with Crippen LogP contribution in [0.3, 0.4) is 0 Å². The van der Waals surface area contributed by atoms with Gasteiger partial charge in [0.15, 0.2) is 10.6 Å². The minimum Gasteiger partial charge on any atom is -0.291 e. The lowest BCUT2D eigenvalue weighted by atomic mass is 10.2. The summed E-state index contributed by atoms with van der Waals surface area (Å²) in [5, 5.41) is 7.20. The molecule has 0 aliphatic rings. The van der Waals surface area contributed by atoms with Crippen LogP contribution in [0.5, 0.6) is 0 Å². The van der Waals surface area contributed by atoms with E-state index in [0.717, 1.165) is 11.5 Å². The predicted molar refractivity (Wildman–Crippen MR) is 83.5 cm³/mol. The van der Waals surface area contributed by atoms with Gasteiger partial charge in [-0.15, -0.1) is 11.3 Å². The molecule has 0 saturated carbocycles. The molecule has 3 rings (SSSR count). The Bertz CT molecular complexity index is 770. The van der Waals surface area contributed by atoms with Crippen molar-refractivity contribution < 1.29 is 0 Å². The lowest BCUT2D eigenvalue weighted by Gasteiger charge is -2.13. The average Bonchev–Trinajstić information content (AvgIpc) is 3.05. The van der Waals surface area contributed by atoms with E-state index in [1.54, 1.807) is 17.5 Å². The van der Waals surface area contributed by atoms with E-state index in [0.29, 0.717) is 4.77 Å². The number of aromatic amines is 1. The smallest absolute Gasteiger partial charge is 0.196 e. The molecule has 0 aromatic carbocycles. The summed E-state index contributed by atoms with van der Waals surface area (Å²) in [6.07, 6.45) is 1.76. The van der Waals surface area contributed by atoms with Gasteiger partial charge in [0.05, 0.1) is 6.04 Å². The SMILES string of the molecule is Cc1ccc(C(C)n2c(-c3ccccn3)n[nH]c2=S)s1. The van der Waals surface area contributed by atoms with Crippen LogP contribution < -0.4 is 0 Å². The quantitative estimate of drug-likeness (QED) is 0.744. The topological polar surface area (TPSA) is 46.5 Å². The summed E-state index contributed by atoms with van der Waals surface area (Å²) in [5.74, 6) is 0.772. The van der Waals surface area contributed by atoms with Crippen molar-refractivity contribution in [3.8, 4) is 11.5 Å². The zero-order valence-electron chi connectivity index (χ0n) is 11.2. The van der Waals surface area contributed by atoms with Crippen LogP contribution in [-0.2, 0) is 0 Å². The molecule has 3 aromatic heterocycles. The van der Waals surface area contributed by atoms with E-state index < -0.39 is 0 Å². The van der Waals surface area contributed by atoms with Gasteiger partial charge in [0, 0.05) is 16.0 Å². The van der Waals surface area contributed by atoms with E-state index >= 15 is 0 Å². The summed E-state index contributed by atoms with van der Waals surface area (Å²) in [7, 11) is 0. The maximum Gasteiger partial charge on any atom is 0.196 e. The normalized spacial score (nSPS) is 12.5. The molecule has 0 fully saturated rings. The van der Waals surface area contributed by atoms with E-state index in [-0.39, 0.29) is 6.04 Å². The second kappa shape index (κ2) is 5.30. The number of aromatic nitrogens is 4. The average molecular weight is 302 g/mol. The lowest BCUT2D eigenvalue weighted by molar-refractivity contribution is 0.645. The maximum atomic E-state index is 5.38. The molecule has 0 spiro atoms. The molecule has 102 valence electrons. The second-order valence-electron chi connectivity index (χ2n) is 4.56. The summed E-state index contributed by atoms with van der Waals surface area (Å²) >= 11 is 7.16. The second-order valence-corrected chi connectivity index (χ2v) is 6.27. The fourth-order valence-corrected chi connectivity index (χ4v) is 3.36. The molecule has 0 aliphatic heterocycles. The first kappa shape index (κ1) is 13.2. The molecule has 0 saturated heterocycles. The van der Waals surface area contributed by atoms with Crippen LogP contribution in [0.15, 0.2) is 36.5 Å². The molecule has 3 aromatic rings. The highest BCUT2D eigenvalue weighted by atomic mass is 32.1. The van der Waals surface area contributed by atoms with Crippen LogP contribution in [-0.4, -0.2) is 19.7 Å². The Morgan fingerprint density at radius 3 is 2.80 bits per heavy atom. The summed E-state index contributed by atoms with van der Waals surface area (Å²) in [5.41, 5.74) is 0.819. The fourth-order valence-electron chi connectivity index (χ4n) is 2.14. The zero-order valence-corrected chi connectivity index (χ0v) is 12.8. The third-order valence-electron chi connectivity index (χ3n) is 3.16. The van der Waals surface area contributed by atoms with Gasteiger partial charge < -0.3 is 0 Å². The number of nitrogens with one attached hydrogen (secondary N) is 1. The van der Waals surface area contributed by atoms with Crippen LogP contribution in [0.4, 0.5) is 0 Å². The largest absolute Gasteiger partial charge is 0.291 e. The molecule has 0 bridgehead atoms. The molecule has 20 heavy (non-hydrogen) atoms. The first-order valence-electron chi connectivity index (χ1n) is 6.31. The van der Waals surface area contributed by atoms with Crippen molar-refractivity contribution in [2.45, 2.75) is 19.9 Å². The van der Waals surface area contributed by atoms with E-state index in [4.69, 9.17) is 12.2 Å². The van der Waals surface area contributed by atoms with Crippen molar-refractivity contribution >= 4 is 23.6 Å². The van der Waals surface area contributed by atoms with Crippen LogP contribution in [0, 0.1) is 11.7 Å². The van der Waals surface area contributed by atoms with E-state index in [9.17, 15) is 0 Å². The third-order valence-corrected chi connectivity index (χ3v) is 4.62. The van der Waals surface area contributed by atoms with Crippen molar-refractivity contribution in [2.24, 2.45) is 0 Å². The minimum absolute atomic E-state index is 0.136. The number of aryl methyl sites for hydroxylation is 1. The van der Waals surface area contributed by atoms with Gasteiger partial charge in [-0.05, 0) is 50.3 Å². The number of hydrogen-bond donors (Lipinski definition) is 1. The van der Waals surface area contributed by atoms with Crippen molar-refractivity contribution in [3.05, 3.63) is 51.1 Å². The maximum absolute atomic E-state index is 5.38. The Morgan fingerprint density at radius 1 is 1.30 bits per heavy atom. The van der Waals surface area contributed by atoms with Crippen LogP contribution >= 0.6 is 23.6 Å². The highest BCUT2D eigenvalue weighted by Gasteiger charge is 2.17. The summed E-state index contributed by atoms with van der Waals surface area (Å²) in [4.78, 5) is 6.91. The van der Waals surface area contributed by atoms with Gasteiger partial charge in [-0.25, -0.2) is 0 Å². The summed E-state index contributed by atoms with van der Waals surface area (Å²) in [6.45, 7) is 4.23. The Hall–Kier alpha value is -1.79. The molecule has 3 heterocycles. The number of thiophene rings is 1. The number of nitrogens with zero attached hydrogens (tertiary/aromatic N) is 3. The van der Waals surface area contributed by atoms with Gasteiger partial charge in [0.2, 0.25) is 0 Å². The Balaban J connectivity index is 2.10. The monoisotopic (exact) mass is 302 g/mol. The fraction of sp³-hybridized carbons (Fsp3) is 0.214. The summed E-state index contributed by atoms with van der Waals surface area (Å²) in [6, 6.07) is 10.2. The number of rotatable bonds is 3. The zero-order chi connectivity index (χ0) is 14.1. The molecule has 1 N–H and O–H groups in total. The van der Waals surface area contributed by atoms with Crippen LogP contribution in [0.25, 0.3) is 11.5 Å². The van der Waals surface area contributed by atoms with Gasteiger partial charge in [-0.2, -0.15) is 5.10 Å². The first-order chi connectivity index (χ1) is 9.66. The van der Waals surface area contributed by atoms with Crippen LogP contribution in [0.2, 0.25) is 0 Å². The van der Waals surface area contributed by atoms with Gasteiger partial charge in [-0.3, -0.25) is 14.6 Å². The van der Waals surface area contributed by atoms with E-state index in [2.05, 4.69) is 41.2 Å². The first-order valence-corrected chi connectivity index (χ1v) is 7.54. The van der Waals surface area contributed by atoms with Gasteiger partial charge >= 0.3 is 0 Å². The van der Waals surface area contributed by atoms with Crippen LogP contribution in [0.1, 0.15) is 22.7 Å². The molecular weight excluding hydrogens is 288 g/mol. The van der Waals surface area contributed by atoms with Crippen molar-refractivity contribution in [1.82, 2.24) is 19.7 Å². The minimum atomic E-state index is 0.136. The van der Waals surface area contributed by atoms with E-state index in [1.165, 1.54) is 9.75 Å². The Kier molecular flexibility index (Phi) is 3.50. The molecule has 0 amide bonds. The molecular formula is C14H14N4S2. The van der Waals surface area contributed by atoms with Gasteiger partial charge in [-0.1, -0.05) is 6.07 Å². The lowest BCUT2D eigenvalue weighted by Crippen LogP contribution is -2.08. The van der Waals surface area contributed by atoms with Crippen molar-refractivity contribution in [3.63, 3.8) is 0 Å². The number of hydrogen-bond acceptors (Lipinski definition) is 4. The molecule has 1 atom stereocenters. The molecule has 6 heteroatoms. The molecule has 4 nitrogen and oxygen atoms in total. The Labute approximate surface area is 126 Å². The van der Waals surface area contributed by atoms with Crippen molar-refractivity contribution in [2.75, 3.05) is 0 Å².